The van der Waals surface area contributed by atoms with Crippen LogP contribution in [0.2, 0.25) is 5.15 Å². The zero-order chi connectivity index (χ0) is 7.84. The number of halogens is 2. The van der Waals surface area contributed by atoms with Gasteiger partial charge in [-0.3, -0.25) is 4.99 Å². The number of rotatable bonds is 0. The Labute approximate surface area is 77.4 Å². The minimum Gasteiger partial charge on any atom is -0.288 e. The Morgan fingerprint density at radius 2 is 2.36 bits per heavy atom. The minimum atomic E-state index is 0.556. The molecule has 2 heterocycles. The zero-order valence-corrected chi connectivity index (χ0v) is 7.85. The van der Waals surface area contributed by atoms with Gasteiger partial charge < -0.3 is 0 Å². The first kappa shape index (κ1) is 7.25. The highest BCUT2D eigenvalue weighted by Crippen LogP contribution is 2.27. The summed E-state index contributed by atoms with van der Waals surface area (Å²) in [5.74, 6) is 0. The molecule has 0 saturated carbocycles. The summed E-state index contributed by atoms with van der Waals surface area (Å²) in [4.78, 5) is 8.08. The Morgan fingerprint density at radius 3 is 3.09 bits per heavy atom. The Balaban J connectivity index is 2.71. The normalized spacial score (nSPS) is 13.6. The van der Waals surface area contributed by atoms with Gasteiger partial charge in [-0.25, -0.2) is 4.98 Å². The molecule has 56 valence electrons. The van der Waals surface area contributed by atoms with Gasteiger partial charge in [-0.05, 0) is 15.9 Å². The number of aromatic nitrogens is 1. The van der Waals surface area contributed by atoms with Gasteiger partial charge in [0, 0.05) is 28.0 Å². The number of aliphatic imine (C=N–C) groups is 1. The summed E-state index contributed by atoms with van der Waals surface area (Å²) in [5, 5.41) is 0.556. The molecule has 0 aliphatic carbocycles. The highest BCUT2D eigenvalue weighted by molar-refractivity contribution is 9.10. The summed E-state index contributed by atoms with van der Waals surface area (Å²) in [6.07, 6.45) is 3.51. The Hall–Kier alpha value is -0.410. The van der Waals surface area contributed by atoms with E-state index >= 15 is 0 Å². The van der Waals surface area contributed by atoms with Gasteiger partial charge in [-0.2, -0.15) is 0 Å². The third-order valence-electron chi connectivity index (χ3n) is 1.59. The lowest BCUT2D eigenvalue weighted by Gasteiger charge is -2.00. The molecule has 0 amide bonds. The maximum Gasteiger partial charge on any atom is 0.134 e. The van der Waals surface area contributed by atoms with Crippen LogP contribution in [-0.4, -0.2) is 11.2 Å². The van der Waals surface area contributed by atoms with Crippen LogP contribution in [-0.2, 0) is 6.54 Å². The molecule has 2 nitrogen and oxygen atoms in total. The summed E-state index contributed by atoms with van der Waals surface area (Å²) in [7, 11) is 0. The van der Waals surface area contributed by atoms with Crippen molar-refractivity contribution in [2.75, 3.05) is 0 Å². The molecule has 1 aliphatic heterocycles. The van der Waals surface area contributed by atoms with E-state index in [-0.39, 0.29) is 0 Å². The predicted molar refractivity (Wildman–Crippen MR) is 48.2 cm³/mol. The van der Waals surface area contributed by atoms with Crippen LogP contribution in [0.3, 0.4) is 0 Å². The van der Waals surface area contributed by atoms with Crippen molar-refractivity contribution in [1.29, 1.82) is 0 Å². The summed E-state index contributed by atoms with van der Waals surface area (Å²) >= 11 is 9.20. The average molecular weight is 231 g/mol. The van der Waals surface area contributed by atoms with Crippen LogP contribution in [0.25, 0.3) is 0 Å². The van der Waals surface area contributed by atoms with Crippen molar-refractivity contribution in [3.05, 3.63) is 26.9 Å². The van der Waals surface area contributed by atoms with Gasteiger partial charge in [0.05, 0.1) is 6.54 Å². The molecule has 0 aromatic carbocycles. The average Bonchev–Trinajstić information content (AvgIpc) is 2.45. The first-order valence-corrected chi connectivity index (χ1v) is 4.29. The standard InChI is InChI=1S/C7H4BrClN2/c8-6-3-11-7(9)5-2-10-1-4(5)6/h1,3H,2H2. The topological polar surface area (TPSA) is 25.2 Å². The van der Waals surface area contributed by atoms with E-state index in [1.807, 2.05) is 6.21 Å². The predicted octanol–water partition coefficient (Wildman–Crippen LogP) is 2.43. The van der Waals surface area contributed by atoms with Crippen molar-refractivity contribution in [3.63, 3.8) is 0 Å². The van der Waals surface area contributed by atoms with E-state index in [4.69, 9.17) is 11.6 Å². The third-order valence-corrected chi connectivity index (χ3v) is 2.55. The minimum absolute atomic E-state index is 0.556. The highest BCUT2D eigenvalue weighted by atomic mass is 79.9. The van der Waals surface area contributed by atoms with E-state index in [0.717, 1.165) is 15.6 Å². The molecule has 4 heteroatoms. The van der Waals surface area contributed by atoms with Crippen molar-refractivity contribution in [1.82, 2.24) is 4.98 Å². The molecule has 11 heavy (non-hydrogen) atoms. The monoisotopic (exact) mass is 230 g/mol. The molecule has 0 saturated heterocycles. The lowest BCUT2D eigenvalue weighted by atomic mass is 10.2. The van der Waals surface area contributed by atoms with E-state index in [2.05, 4.69) is 25.9 Å². The quantitative estimate of drug-likeness (QED) is 0.630. The smallest absolute Gasteiger partial charge is 0.134 e. The number of fused-ring (bicyclic) bond motifs is 1. The SMILES string of the molecule is Clc1ncc(Br)c2c1CN=C2. The summed E-state index contributed by atoms with van der Waals surface area (Å²) in [6, 6.07) is 0. The molecule has 2 rings (SSSR count). The molecule has 0 fully saturated rings. The molecule has 0 radical (unpaired) electrons. The van der Waals surface area contributed by atoms with Gasteiger partial charge in [-0.15, -0.1) is 0 Å². The van der Waals surface area contributed by atoms with Gasteiger partial charge in [0.2, 0.25) is 0 Å². The van der Waals surface area contributed by atoms with Crippen molar-refractivity contribution < 1.29 is 0 Å². The van der Waals surface area contributed by atoms with Crippen LogP contribution < -0.4 is 0 Å². The van der Waals surface area contributed by atoms with Crippen LogP contribution >= 0.6 is 27.5 Å². The largest absolute Gasteiger partial charge is 0.288 e. The van der Waals surface area contributed by atoms with Crippen molar-refractivity contribution >= 4 is 33.7 Å². The van der Waals surface area contributed by atoms with Gasteiger partial charge in [-0.1, -0.05) is 11.6 Å². The van der Waals surface area contributed by atoms with Crippen LogP contribution in [0, 0.1) is 0 Å². The first-order chi connectivity index (χ1) is 5.29. The van der Waals surface area contributed by atoms with Crippen molar-refractivity contribution in [2.45, 2.75) is 6.54 Å². The molecule has 1 aromatic heterocycles. The number of nitrogens with zero attached hydrogens (tertiary/aromatic N) is 2. The van der Waals surface area contributed by atoms with E-state index in [0.29, 0.717) is 11.7 Å². The first-order valence-electron chi connectivity index (χ1n) is 3.12. The fraction of sp³-hybridized carbons (Fsp3) is 0.143. The van der Waals surface area contributed by atoms with E-state index in [1.54, 1.807) is 6.20 Å². The van der Waals surface area contributed by atoms with Gasteiger partial charge in [0.25, 0.3) is 0 Å². The number of hydrogen-bond acceptors (Lipinski definition) is 2. The van der Waals surface area contributed by atoms with Crippen LogP contribution in [0.1, 0.15) is 11.1 Å². The Kier molecular flexibility index (Phi) is 1.69. The van der Waals surface area contributed by atoms with Gasteiger partial charge in [0.15, 0.2) is 0 Å². The highest BCUT2D eigenvalue weighted by Gasteiger charge is 2.13. The van der Waals surface area contributed by atoms with Crippen LogP contribution in [0.15, 0.2) is 15.7 Å². The van der Waals surface area contributed by atoms with Crippen LogP contribution in [0.5, 0.6) is 0 Å². The van der Waals surface area contributed by atoms with Crippen LogP contribution in [0.4, 0.5) is 0 Å². The summed E-state index contributed by atoms with van der Waals surface area (Å²) in [5.41, 5.74) is 2.08. The van der Waals surface area contributed by atoms with Crippen molar-refractivity contribution in [2.24, 2.45) is 4.99 Å². The second-order valence-corrected chi connectivity index (χ2v) is 3.47. The number of pyridine rings is 1. The molecular weight excluding hydrogens is 227 g/mol. The zero-order valence-electron chi connectivity index (χ0n) is 5.51. The van der Waals surface area contributed by atoms with Gasteiger partial charge >= 0.3 is 0 Å². The molecule has 0 bridgehead atoms. The summed E-state index contributed by atoms with van der Waals surface area (Å²) in [6.45, 7) is 0.653. The summed E-state index contributed by atoms with van der Waals surface area (Å²) < 4.78 is 0.957. The maximum atomic E-state index is 5.83. The lowest BCUT2D eigenvalue weighted by molar-refractivity contribution is 1.08. The Bertz CT molecular complexity index is 335. The number of hydrogen-bond donors (Lipinski definition) is 0. The molecule has 1 aromatic rings. The van der Waals surface area contributed by atoms with E-state index in [9.17, 15) is 0 Å². The molecule has 0 N–H and O–H groups in total. The third kappa shape index (κ3) is 1.08. The molecule has 0 unspecified atom stereocenters. The fourth-order valence-corrected chi connectivity index (χ4v) is 1.69. The Morgan fingerprint density at radius 1 is 1.55 bits per heavy atom. The maximum absolute atomic E-state index is 5.83. The van der Waals surface area contributed by atoms with E-state index in [1.165, 1.54) is 0 Å². The van der Waals surface area contributed by atoms with Crippen molar-refractivity contribution in [3.8, 4) is 0 Å². The molecule has 0 atom stereocenters. The molecule has 0 spiro atoms. The molecule has 1 aliphatic rings. The van der Waals surface area contributed by atoms with Gasteiger partial charge in [0.1, 0.15) is 5.15 Å². The second-order valence-electron chi connectivity index (χ2n) is 2.26. The fourth-order valence-electron chi connectivity index (χ4n) is 1.03. The molecular formula is C7H4BrClN2. The second kappa shape index (κ2) is 2.57. The van der Waals surface area contributed by atoms with E-state index < -0.39 is 0 Å². The lowest BCUT2D eigenvalue weighted by Crippen LogP contribution is -1.90.